The molecule has 2 aromatic rings. The van der Waals surface area contributed by atoms with Crippen LogP contribution in [0.25, 0.3) is 0 Å². The van der Waals surface area contributed by atoms with Gasteiger partial charge in [0.15, 0.2) is 5.78 Å². The van der Waals surface area contributed by atoms with E-state index in [1.165, 1.54) is 0 Å². The minimum atomic E-state index is 0.0781. The van der Waals surface area contributed by atoms with Gasteiger partial charge in [-0.25, -0.2) is 0 Å². The van der Waals surface area contributed by atoms with Crippen LogP contribution >= 0.6 is 0 Å². The third-order valence-corrected chi connectivity index (χ3v) is 3.06. The first kappa shape index (κ1) is 14.3. The molecule has 0 aliphatic heterocycles. The molecule has 20 heavy (non-hydrogen) atoms. The van der Waals surface area contributed by atoms with Crippen LogP contribution in [0.2, 0.25) is 0 Å². The summed E-state index contributed by atoms with van der Waals surface area (Å²) in [4.78, 5) is 11.7. The quantitative estimate of drug-likeness (QED) is 0.816. The average Bonchev–Trinajstić information content (AvgIpc) is 2.49. The molecular formula is C17H18O3. The first-order valence-electron chi connectivity index (χ1n) is 6.74. The molecule has 0 aromatic heterocycles. The topological polar surface area (TPSA) is 46.5 Å². The van der Waals surface area contributed by atoms with Gasteiger partial charge in [-0.15, -0.1) is 0 Å². The van der Waals surface area contributed by atoms with Gasteiger partial charge in [0, 0.05) is 18.6 Å². The van der Waals surface area contributed by atoms with Crippen molar-refractivity contribution in [2.45, 2.75) is 19.8 Å². The van der Waals surface area contributed by atoms with Crippen LogP contribution in [0.5, 0.6) is 11.5 Å². The monoisotopic (exact) mass is 270 g/mol. The summed E-state index contributed by atoms with van der Waals surface area (Å²) in [5.74, 6) is 1.44. The number of benzene rings is 2. The SMILES string of the molecule is CCC(=O)c1cccc(Oc2ccccc2CCO)c1. The Labute approximate surface area is 118 Å². The molecule has 0 saturated carbocycles. The lowest BCUT2D eigenvalue weighted by Crippen LogP contribution is -1.98. The number of para-hydroxylation sites is 1. The number of aliphatic hydroxyl groups is 1. The summed E-state index contributed by atoms with van der Waals surface area (Å²) in [6.45, 7) is 1.92. The average molecular weight is 270 g/mol. The zero-order chi connectivity index (χ0) is 14.4. The lowest BCUT2D eigenvalue weighted by atomic mass is 10.1. The third-order valence-electron chi connectivity index (χ3n) is 3.06. The fourth-order valence-corrected chi connectivity index (χ4v) is 1.99. The summed E-state index contributed by atoms with van der Waals surface area (Å²) >= 11 is 0. The number of rotatable bonds is 6. The summed E-state index contributed by atoms with van der Waals surface area (Å²) in [5.41, 5.74) is 1.60. The van der Waals surface area contributed by atoms with Crippen molar-refractivity contribution in [1.29, 1.82) is 0 Å². The number of carbonyl (C=O) groups excluding carboxylic acids is 1. The summed E-state index contributed by atoms with van der Waals surface area (Å²) < 4.78 is 5.83. The third kappa shape index (κ3) is 3.45. The van der Waals surface area contributed by atoms with Gasteiger partial charge in [-0.05, 0) is 30.2 Å². The molecule has 0 heterocycles. The minimum Gasteiger partial charge on any atom is -0.457 e. The fraction of sp³-hybridized carbons (Fsp3) is 0.235. The molecule has 0 spiro atoms. The molecule has 0 atom stereocenters. The van der Waals surface area contributed by atoms with Gasteiger partial charge in [0.2, 0.25) is 0 Å². The smallest absolute Gasteiger partial charge is 0.162 e. The molecule has 0 aliphatic carbocycles. The highest BCUT2D eigenvalue weighted by molar-refractivity contribution is 5.96. The Bertz CT molecular complexity index is 590. The number of hydrogen-bond donors (Lipinski definition) is 1. The van der Waals surface area contributed by atoms with Crippen molar-refractivity contribution >= 4 is 5.78 Å². The van der Waals surface area contributed by atoms with E-state index < -0.39 is 0 Å². The van der Waals surface area contributed by atoms with Crippen molar-refractivity contribution in [3.8, 4) is 11.5 Å². The van der Waals surface area contributed by atoms with Crippen LogP contribution < -0.4 is 4.74 Å². The van der Waals surface area contributed by atoms with E-state index in [0.29, 0.717) is 29.9 Å². The molecule has 2 rings (SSSR count). The van der Waals surface area contributed by atoms with Crippen LogP contribution in [0.4, 0.5) is 0 Å². The molecule has 0 aliphatic rings. The van der Waals surface area contributed by atoms with Crippen LogP contribution in [-0.4, -0.2) is 17.5 Å². The van der Waals surface area contributed by atoms with Gasteiger partial charge in [-0.1, -0.05) is 37.3 Å². The Morgan fingerprint density at radius 3 is 2.70 bits per heavy atom. The van der Waals surface area contributed by atoms with E-state index in [1.54, 1.807) is 12.1 Å². The van der Waals surface area contributed by atoms with E-state index in [9.17, 15) is 4.79 Å². The molecule has 3 heteroatoms. The van der Waals surface area contributed by atoms with Crippen molar-refractivity contribution in [3.63, 3.8) is 0 Å². The van der Waals surface area contributed by atoms with Gasteiger partial charge in [0.25, 0.3) is 0 Å². The van der Waals surface area contributed by atoms with Crippen LogP contribution in [0.1, 0.15) is 29.3 Å². The van der Waals surface area contributed by atoms with Crippen LogP contribution in [0, 0.1) is 0 Å². The molecule has 0 unspecified atom stereocenters. The summed E-state index contributed by atoms with van der Waals surface area (Å²) in [6, 6.07) is 14.8. The zero-order valence-corrected chi connectivity index (χ0v) is 11.5. The molecule has 1 N–H and O–H groups in total. The highest BCUT2D eigenvalue weighted by Gasteiger charge is 2.07. The summed E-state index contributed by atoms with van der Waals surface area (Å²) in [7, 11) is 0. The second-order valence-electron chi connectivity index (χ2n) is 4.49. The van der Waals surface area contributed by atoms with E-state index in [-0.39, 0.29) is 12.4 Å². The van der Waals surface area contributed by atoms with Crippen LogP contribution in [-0.2, 0) is 6.42 Å². The minimum absolute atomic E-state index is 0.0781. The molecule has 104 valence electrons. The Hall–Kier alpha value is -2.13. The number of aliphatic hydroxyl groups excluding tert-OH is 1. The lowest BCUT2D eigenvalue weighted by Gasteiger charge is -2.11. The Kier molecular flexibility index (Phi) is 4.91. The zero-order valence-electron chi connectivity index (χ0n) is 11.5. The van der Waals surface area contributed by atoms with Gasteiger partial charge in [0.05, 0.1) is 0 Å². The predicted molar refractivity (Wildman–Crippen MR) is 78.4 cm³/mol. The van der Waals surface area contributed by atoms with Crippen LogP contribution in [0.3, 0.4) is 0 Å². The van der Waals surface area contributed by atoms with E-state index in [2.05, 4.69) is 0 Å². The molecule has 0 radical (unpaired) electrons. The number of hydrogen-bond acceptors (Lipinski definition) is 3. The maximum atomic E-state index is 11.7. The maximum absolute atomic E-state index is 11.7. The van der Waals surface area contributed by atoms with E-state index >= 15 is 0 Å². The lowest BCUT2D eigenvalue weighted by molar-refractivity contribution is 0.0988. The maximum Gasteiger partial charge on any atom is 0.162 e. The Balaban J connectivity index is 2.24. The second kappa shape index (κ2) is 6.87. The predicted octanol–water partition coefficient (Wildman–Crippen LogP) is 3.61. The molecular weight excluding hydrogens is 252 g/mol. The van der Waals surface area contributed by atoms with E-state index in [1.807, 2.05) is 43.3 Å². The molecule has 2 aromatic carbocycles. The van der Waals surface area contributed by atoms with Gasteiger partial charge in [-0.2, -0.15) is 0 Å². The second-order valence-corrected chi connectivity index (χ2v) is 4.49. The number of ether oxygens (including phenoxy) is 1. The van der Waals surface area contributed by atoms with Crippen LogP contribution in [0.15, 0.2) is 48.5 Å². The molecule has 3 nitrogen and oxygen atoms in total. The summed E-state index contributed by atoms with van der Waals surface area (Å²) in [6.07, 6.45) is 1.02. The Morgan fingerprint density at radius 1 is 1.15 bits per heavy atom. The van der Waals surface area contributed by atoms with Crippen molar-refractivity contribution in [1.82, 2.24) is 0 Å². The van der Waals surface area contributed by atoms with E-state index in [4.69, 9.17) is 9.84 Å². The fourth-order valence-electron chi connectivity index (χ4n) is 1.99. The first-order chi connectivity index (χ1) is 9.74. The normalized spacial score (nSPS) is 10.3. The first-order valence-corrected chi connectivity index (χ1v) is 6.74. The van der Waals surface area contributed by atoms with Gasteiger partial charge >= 0.3 is 0 Å². The Morgan fingerprint density at radius 2 is 1.95 bits per heavy atom. The molecule has 0 fully saturated rings. The molecule has 0 saturated heterocycles. The van der Waals surface area contributed by atoms with Gasteiger partial charge < -0.3 is 9.84 Å². The number of carbonyl (C=O) groups is 1. The number of Topliss-reactive ketones (excluding diaryl/α,β-unsaturated/α-hetero) is 1. The van der Waals surface area contributed by atoms with Gasteiger partial charge in [-0.3, -0.25) is 4.79 Å². The largest absolute Gasteiger partial charge is 0.457 e. The molecule has 0 bridgehead atoms. The van der Waals surface area contributed by atoms with Gasteiger partial charge in [0.1, 0.15) is 11.5 Å². The highest BCUT2D eigenvalue weighted by Crippen LogP contribution is 2.26. The van der Waals surface area contributed by atoms with Crippen molar-refractivity contribution in [2.24, 2.45) is 0 Å². The summed E-state index contributed by atoms with van der Waals surface area (Å²) in [5, 5.41) is 9.06. The van der Waals surface area contributed by atoms with Crippen molar-refractivity contribution in [2.75, 3.05) is 6.61 Å². The molecule has 0 amide bonds. The van der Waals surface area contributed by atoms with Crippen molar-refractivity contribution in [3.05, 3.63) is 59.7 Å². The van der Waals surface area contributed by atoms with E-state index in [0.717, 1.165) is 5.56 Å². The standard InChI is InChI=1S/C17H18O3/c1-2-16(19)14-7-5-8-15(12-14)20-17-9-4-3-6-13(17)10-11-18/h3-9,12,18H,2,10-11H2,1H3. The van der Waals surface area contributed by atoms with Crippen molar-refractivity contribution < 1.29 is 14.6 Å². The highest BCUT2D eigenvalue weighted by atomic mass is 16.5. The number of ketones is 1.